The number of hydrogen-bond donors (Lipinski definition) is 0. The Morgan fingerprint density at radius 3 is 2.54 bits per heavy atom. The normalized spacial score (nSPS) is 14.1. The van der Waals surface area contributed by atoms with Gasteiger partial charge in [0.05, 0.1) is 0 Å². The molecule has 2 amide bonds. The number of nitrogens with zero attached hydrogens (tertiary/aromatic N) is 5. The van der Waals surface area contributed by atoms with Gasteiger partial charge >= 0.3 is 0 Å². The number of hydrogen-bond acceptors (Lipinski definition) is 5. The van der Waals surface area contributed by atoms with E-state index in [0.29, 0.717) is 30.9 Å². The molecule has 0 saturated carbocycles. The maximum absolute atomic E-state index is 12.9. The molecule has 3 rings (SSSR count). The van der Waals surface area contributed by atoms with E-state index in [9.17, 15) is 9.59 Å². The minimum absolute atomic E-state index is 0.0788. The van der Waals surface area contributed by atoms with Crippen molar-refractivity contribution in [3.05, 3.63) is 54.0 Å². The van der Waals surface area contributed by atoms with Crippen LogP contribution in [0.25, 0.3) is 0 Å². The highest BCUT2D eigenvalue weighted by Gasteiger charge is 2.24. The summed E-state index contributed by atoms with van der Waals surface area (Å²) in [5.41, 5.74) is 0.824. The third-order valence-electron chi connectivity index (χ3n) is 4.96. The molecule has 0 radical (unpaired) electrons. The lowest BCUT2D eigenvalue weighted by Gasteiger charge is -2.35. The van der Waals surface area contributed by atoms with Crippen LogP contribution in [-0.4, -0.2) is 71.4 Å². The number of piperazine rings is 1. The predicted molar refractivity (Wildman–Crippen MR) is 108 cm³/mol. The molecule has 7 heteroatoms. The molecule has 28 heavy (non-hydrogen) atoms. The Morgan fingerprint density at radius 2 is 1.86 bits per heavy atom. The van der Waals surface area contributed by atoms with Gasteiger partial charge in [0, 0.05) is 57.7 Å². The van der Waals surface area contributed by atoms with Crippen molar-refractivity contribution in [1.29, 1.82) is 0 Å². The van der Waals surface area contributed by atoms with Gasteiger partial charge < -0.3 is 14.7 Å². The Kier molecular flexibility index (Phi) is 6.57. The van der Waals surface area contributed by atoms with Gasteiger partial charge in [-0.1, -0.05) is 19.4 Å². The van der Waals surface area contributed by atoms with Crippen LogP contribution in [0.3, 0.4) is 0 Å². The number of carbonyl (C=O) groups excluding carboxylic acids is 2. The first-order valence-corrected chi connectivity index (χ1v) is 9.77. The fourth-order valence-electron chi connectivity index (χ4n) is 3.24. The van der Waals surface area contributed by atoms with Crippen LogP contribution >= 0.6 is 0 Å². The van der Waals surface area contributed by atoms with Crippen molar-refractivity contribution in [3.8, 4) is 0 Å². The molecule has 0 atom stereocenters. The summed E-state index contributed by atoms with van der Waals surface area (Å²) in [5, 5.41) is 0. The molecular formula is C21H27N5O2. The highest BCUT2D eigenvalue weighted by molar-refractivity contribution is 5.98. The second-order valence-corrected chi connectivity index (χ2v) is 6.98. The lowest BCUT2D eigenvalue weighted by Crippen LogP contribution is -2.49. The zero-order valence-corrected chi connectivity index (χ0v) is 16.5. The van der Waals surface area contributed by atoms with Gasteiger partial charge in [0.25, 0.3) is 11.8 Å². The van der Waals surface area contributed by atoms with Crippen molar-refractivity contribution in [2.45, 2.75) is 19.8 Å². The number of amides is 2. The molecule has 0 aromatic carbocycles. The third kappa shape index (κ3) is 4.65. The summed E-state index contributed by atoms with van der Waals surface area (Å²) < 4.78 is 0. The van der Waals surface area contributed by atoms with E-state index in [1.807, 2.05) is 18.2 Å². The Morgan fingerprint density at radius 1 is 1.07 bits per heavy atom. The monoisotopic (exact) mass is 381 g/mol. The van der Waals surface area contributed by atoms with E-state index in [2.05, 4.69) is 21.8 Å². The predicted octanol–water partition coefficient (Wildman–Crippen LogP) is 2.31. The minimum atomic E-state index is -0.133. The van der Waals surface area contributed by atoms with Gasteiger partial charge in [-0.05, 0) is 30.7 Å². The van der Waals surface area contributed by atoms with Crippen LogP contribution in [0.5, 0.6) is 0 Å². The van der Waals surface area contributed by atoms with Crippen molar-refractivity contribution in [3.63, 3.8) is 0 Å². The Labute approximate surface area is 166 Å². The zero-order chi connectivity index (χ0) is 19.9. The molecule has 1 aliphatic rings. The molecule has 2 aromatic heterocycles. The smallest absolute Gasteiger partial charge is 0.272 e. The van der Waals surface area contributed by atoms with Crippen molar-refractivity contribution >= 4 is 17.6 Å². The van der Waals surface area contributed by atoms with Gasteiger partial charge in [-0.2, -0.15) is 0 Å². The first kappa shape index (κ1) is 19.8. The standard InChI is InChI=1S/C21H27N5O2/c1-3-4-11-24(2)20(27)17-8-10-22-18(16-17)21(28)26-14-12-25(13-15-26)19-7-5-6-9-23-19/h5-10,16H,3-4,11-15H2,1-2H3. The Bertz CT molecular complexity index is 803. The summed E-state index contributed by atoms with van der Waals surface area (Å²) in [6.45, 7) is 5.45. The molecule has 148 valence electrons. The molecule has 0 bridgehead atoms. The Hall–Kier alpha value is -2.96. The molecule has 1 aliphatic heterocycles. The van der Waals surface area contributed by atoms with Gasteiger partial charge in [-0.25, -0.2) is 4.98 Å². The van der Waals surface area contributed by atoms with E-state index in [1.54, 1.807) is 35.2 Å². The molecule has 0 spiro atoms. The van der Waals surface area contributed by atoms with Crippen LogP contribution in [0, 0.1) is 0 Å². The largest absolute Gasteiger partial charge is 0.353 e. The van der Waals surface area contributed by atoms with Crippen molar-refractivity contribution in [2.75, 3.05) is 44.7 Å². The van der Waals surface area contributed by atoms with E-state index in [-0.39, 0.29) is 11.8 Å². The minimum Gasteiger partial charge on any atom is -0.353 e. The molecule has 0 unspecified atom stereocenters. The molecular weight excluding hydrogens is 354 g/mol. The van der Waals surface area contributed by atoms with Crippen LogP contribution in [0.2, 0.25) is 0 Å². The summed E-state index contributed by atoms with van der Waals surface area (Å²) in [4.78, 5) is 39.6. The first-order valence-electron chi connectivity index (χ1n) is 9.77. The maximum atomic E-state index is 12.9. The van der Waals surface area contributed by atoms with E-state index in [1.165, 1.54) is 6.20 Å². The van der Waals surface area contributed by atoms with Gasteiger partial charge in [-0.3, -0.25) is 14.6 Å². The highest BCUT2D eigenvalue weighted by Crippen LogP contribution is 2.15. The SMILES string of the molecule is CCCCN(C)C(=O)c1ccnc(C(=O)N2CCN(c3ccccn3)CC2)c1. The third-order valence-corrected chi connectivity index (χ3v) is 4.96. The molecule has 0 N–H and O–H groups in total. The Balaban J connectivity index is 1.63. The summed E-state index contributed by atoms with van der Waals surface area (Å²) in [6, 6.07) is 9.11. The number of aromatic nitrogens is 2. The summed E-state index contributed by atoms with van der Waals surface area (Å²) in [7, 11) is 1.79. The number of unbranched alkanes of at least 4 members (excludes halogenated alkanes) is 1. The van der Waals surface area contributed by atoms with E-state index < -0.39 is 0 Å². The zero-order valence-electron chi connectivity index (χ0n) is 16.5. The molecule has 1 fully saturated rings. The van der Waals surface area contributed by atoms with E-state index >= 15 is 0 Å². The van der Waals surface area contributed by atoms with Crippen molar-refractivity contribution in [1.82, 2.24) is 19.8 Å². The quantitative estimate of drug-likeness (QED) is 0.768. The van der Waals surface area contributed by atoms with Gasteiger partial charge in [-0.15, -0.1) is 0 Å². The average molecular weight is 381 g/mol. The van der Waals surface area contributed by atoms with Crippen LogP contribution in [0.4, 0.5) is 5.82 Å². The average Bonchev–Trinajstić information content (AvgIpc) is 2.77. The topological polar surface area (TPSA) is 69.6 Å². The van der Waals surface area contributed by atoms with Gasteiger partial charge in [0.2, 0.25) is 0 Å². The molecule has 2 aromatic rings. The van der Waals surface area contributed by atoms with Crippen molar-refractivity contribution < 1.29 is 9.59 Å². The number of pyridine rings is 2. The molecule has 1 saturated heterocycles. The van der Waals surface area contributed by atoms with Crippen LogP contribution < -0.4 is 4.90 Å². The lowest BCUT2D eigenvalue weighted by molar-refractivity contribution is 0.0740. The second-order valence-electron chi connectivity index (χ2n) is 6.98. The lowest BCUT2D eigenvalue weighted by atomic mass is 10.1. The number of anilines is 1. The molecule has 3 heterocycles. The van der Waals surface area contributed by atoms with Crippen LogP contribution in [0.1, 0.15) is 40.6 Å². The van der Waals surface area contributed by atoms with Crippen LogP contribution in [-0.2, 0) is 0 Å². The highest BCUT2D eigenvalue weighted by atomic mass is 16.2. The summed E-state index contributed by atoms with van der Waals surface area (Å²) >= 11 is 0. The summed E-state index contributed by atoms with van der Waals surface area (Å²) in [6.07, 6.45) is 5.30. The molecule has 0 aliphatic carbocycles. The first-order chi connectivity index (χ1) is 13.6. The summed E-state index contributed by atoms with van der Waals surface area (Å²) in [5.74, 6) is 0.715. The second kappa shape index (κ2) is 9.30. The molecule has 7 nitrogen and oxygen atoms in total. The van der Waals surface area contributed by atoms with Crippen molar-refractivity contribution in [2.24, 2.45) is 0 Å². The van der Waals surface area contributed by atoms with E-state index in [0.717, 1.165) is 31.7 Å². The maximum Gasteiger partial charge on any atom is 0.272 e. The number of carbonyl (C=O) groups is 2. The van der Waals surface area contributed by atoms with Gasteiger partial charge in [0.15, 0.2) is 0 Å². The van der Waals surface area contributed by atoms with E-state index in [4.69, 9.17) is 0 Å². The van der Waals surface area contributed by atoms with Gasteiger partial charge in [0.1, 0.15) is 11.5 Å². The number of rotatable bonds is 6. The van der Waals surface area contributed by atoms with Crippen LogP contribution in [0.15, 0.2) is 42.7 Å². The fourth-order valence-corrected chi connectivity index (χ4v) is 3.24. The fraction of sp³-hybridized carbons (Fsp3) is 0.429.